The van der Waals surface area contributed by atoms with Crippen molar-refractivity contribution in [3.63, 3.8) is 0 Å². The molecule has 2 N–H and O–H groups in total. The molecule has 0 atom stereocenters. The van der Waals surface area contributed by atoms with E-state index >= 15 is 0 Å². The monoisotopic (exact) mass is 218 g/mol. The van der Waals surface area contributed by atoms with Crippen molar-refractivity contribution < 1.29 is 4.74 Å². The molecule has 84 valence electrons. The maximum Gasteiger partial charge on any atom is 0.157 e. The van der Waals surface area contributed by atoms with Crippen molar-refractivity contribution in [3.8, 4) is 0 Å². The molecule has 0 saturated carbocycles. The first kappa shape index (κ1) is 9.59. The normalized spacial score (nSPS) is 18.0. The van der Waals surface area contributed by atoms with Crippen LogP contribution in [0.15, 0.2) is 18.3 Å². The third kappa shape index (κ3) is 1.63. The van der Waals surface area contributed by atoms with Crippen molar-refractivity contribution in [1.29, 1.82) is 0 Å². The molecule has 0 spiro atoms. The lowest BCUT2D eigenvalue weighted by Gasteiger charge is -2.18. The van der Waals surface area contributed by atoms with Crippen LogP contribution in [0.4, 0.5) is 5.69 Å². The molecule has 1 aliphatic rings. The number of hydrogen-bond donors (Lipinski definition) is 1. The molecule has 0 unspecified atom stereocenters. The van der Waals surface area contributed by atoms with E-state index in [1.807, 2.05) is 18.3 Å². The summed E-state index contributed by atoms with van der Waals surface area (Å²) < 4.78 is 7.11. The van der Waals surface area contributed by atoms with Gasteiger partial charge in [0.1, 0.15) is 0 Å². The van der Waals surface area contributed by atoms with Crippen LogP contribution in [-0.4, -0.2) is 27.8 Å². The minimum absolute atomic E-state index is 0.426. The highest BCUT2D eigenvalue weighted by molar-refractivity contribution is 5.50. The van der Waals surface area contributed by atoms with Gasteiger partial charge in [0.25, 0.3) is 0 Å². The molecule has 0 aromatic carbocycles. The van der Waals surface area contributed by atoms with Gasteiger partial charge in [-0.05, 0) is 18.9 Å². The van der Waals surface area contributed by atoms with Crippen LogP contribution < -0.4 is 5.73 Å². The largest absolute Gasteiger partial charge is 0.399 e. The van der Waals surface area contributed by atoms with E-state index in [1.54, 1.807) is 4.52 Å². The van der Waals surface area contributed by atoms with Crippen LogP contribution in [0, 0.1) is 0 Å². The smallest absolute Gasteiger partial charge is 0.157 e. The van der Waals surface area contributed by atoms with E-state index in [2.05, 4.69) is 10.1 Å². The van der Waals surface area contributed by atoms with Gasteiger partial charge in [-0.25, -0.2) is 9.50 Å². The van der Waals surface area contributed by atoms with Crippen molar-refractivity contribution in [2.75, 3.05) is 18.9 Å². The second kappa shape index (κ2) is 3.75. The van der Waals surface area contributed by atoms with E-state index in [9.17, 15) is 0 Å². The summed E-state index contributed by atoms with van der Waals surface area (Å²) in [6.45, 7) is 1.62. The molecule has 3 rings (SSSR count). The van der Waals surface area contributed by atoms with Crippen LogP contribution in [0.25, 0.3) is 5.65 Å². The summed E-state index contributed by atoms with van der Waals surface area (Å²) >= 11 is 0. The fraction of sp³-hybridized carbons (Fsp3) is 0.455. The predicted octanol–water partition coefficient (Wildman–Crippen LogP) is 1.21. The number of ether oxygens (including phenoxy) is 1. The first-order valence-electron chi connectivity index (χ1n) is 5.52. The number of nitrogens with two attached hydrogens (primary N) is 1. The first-order valence-corrected chi connectivity index (χ1v) is 5.52. The van der Waals surface area contributed by atoms with Crippen LogP contribution in [0.2, 0.25) is 0 Å². The van der Waals surface area contributed by atoms with Crippen LogP contribution in [0.1, 0.15) is 24.6 Å². The van der Waals surface area contributed by atoms with Gasteiger partial charge in [-0.1, -0.05) is 0 Å². The summed E-state index contributed by atoms with van der Waals surface area (Å²) in [6, 6.07) is 3.67. The number of nitrogen functional groups attached to an aromatic ring is 1. The SMILES string of the molecule is Nc1ccn2nc(C3CCOCC3)nc2c1. The van der Waals surface area contributed by atoms with Gasteiger partial charge in [0.2, 0.25) is 0 Å². The number of pyridine rings is 1. The zero-order valence-corrected chi connectivity index (χ0v) is 8.97. The van der Waals surface area contributed by atoms with Crippen molar-refractivity contribution in [3.05, 3.63) is 24.2 Å². The first-order chi connectivity index (χ1) is 7.83. The molecule has 2 aromatic heterocycles. The number of rotatable bonds is 1. The molecule has 1 fully saturated rings. The average Bonchev–Trinajstić information content (AvgIpc) is 2.73. The Morgan fingerprint density at radius 1 is 1.38 bits per heavy atom. The third-order valence-corrected chi connectivity index (χ3v) is 2.96. The Morgan fingerprint density at radius 2 is 2.19 bits per heavy atom. The minimum Gasteiger partial charge on any atom is -0.399 e. The highest BCUT2D eigenvalue weighted by Crippen LogP contribution is 2.24. The number of nitrogens with zero attached hydrogens (tertiary/aromatic N) is 3. The Hall–Kier alpha value is -1.62. The number of hydrogen-bond acceptors (Lipinski definition) is 4. The minimum atomic E-state index is 0.426. The van der Waals surface area contributed by atoms with E-state index in [0.29, 0.717) is 5.92 Å². The van der Waals surface area contributed by atoms with E-state index in [1.165, 1.54) is 0 Å². The van der Waals surface area contributed by atoms with Gasteiger partial charge in [-0.2, -0.15) is 5.10 Å². The van der Waals surface area contributed by atoms with Gasteiger partial charge < -0.3 is 10.5 Å². The molecule has 1 saturated heterocycles. The lowest BCUT2D eigenvalue weighted by atomic mass is 10.00. The topological polar surface area (TPSA) is 65.4 Å². The second-order valence-electron chi connectivity index (χ2n) is 4.12. The Morgan fingerprint density at radius 3 is 3.00 bits per heavy atom. The summed E-state index contributed by atoms with van der Waals surface area (Å²) in [5.74, 6) is 1.34. The van der Waals surface area contributed by atoms with Crippen molar-refractivity contribution in [1.82, 2.24) is 14.6 Å². The molecule has 5 nitrogen and oxygen atoms in total. The van der Waals surface area contributed by atoms with Crippen molar-refractivity contribution in [2.45, 2.75) is 18.8 Å². The summed E-state index contributed by atoms with van der Waals surface area (Å²) in [5.41, 5.74) is 7.25. The molecule has 0 amide bonds. The van der Waals surface area contributed by atoms with Gasteiger partial charge >= 0.3 is 0 Å². The van der Waals surface area contributed by atoms with Gasteiger partial charge in [0.15, 0.2) is 11.5 Å². The Labute approximate surface area is 93.2 Å². The maximum absolute atomic E-state index is 5.71. The summed E-state index contributed by atoms with van der Waals surface area (Å²) in [7, 11) is 0. The second-order valence-corrected chi connectivity index (χ2v) is 4.12. The summed E-state index contributed by atoms with van der Waals surface area (Å²) in [5, 5.41) is 4.47. The van der Waals surface area contributed by atoms with Gasteiger partial charge in [-0.15, -0.1) is 0 Å². The van der Waals surface area contributed by atoms with E-state index in [-0.39, 0.29) is 0 Å². The van der Waals surface area contributed by atoms with Crippen molar-refractivity contribution >= 4 is 11.3 Å². The number of fused-ring (bicyclic) bond motifs is 1. The van der Waals surface area contributed by atoms with Crippen molar-refractivity contribution in [2.24, 2.45) is 0 Å². The van der Waals surface area contributed by atoms with E-state index < -0.39 is 0 Å². The molecule has 5 heteroatoms. The fourth-order valence-electron chi connectivity index (χ4n) is 2.04. The van der Waals surface area contributed by atoms with Gasteiger partial charge in [0, 0.05) is 37.1 Å². The molecule has 3 heterocycles. The molecular formula is C11H14N4O. The van der Waals surface area contributed by atoms with Crippen LogP contribution in [0.5, 0.6) is 0 Å². The van der Waals surface area contributed by atoms with Crippen LogP contribution in [-0.2, 0) is 4.74 Å². The quantitative estimate of drug-likeness (QED) is 0.781. The van der Waals surface area contributed by atoms with Crippen LogP contribution >= 0.6 is 0 Å². The van der Waals surface area contributed by atoms with Crippen LogP contribution in [0.3, 0.4) is 0 Å². The average molecular weight is 218 g/mol. The molecule has 1 aliphatic heterocycles. The molecule has 0 radical (unpaired) electrons. The lowest BCUT2D eigenvalue weighted by Crippen LogP contribution is -2.15. The Kier molecular flexibility index (Phi) is 2.25. The number of anilines is 1. The van der Waals surface area contributed by atoms with Gasteiger partial charge in [-0.3, -0.25) is 0 Å². The zero-order chi connectivity index (χ0) is 11.0. The fourth-order valence-corrected chi connectivity index (χ4v) is 2.04. The van der Waals surface area contributed by atoms with E-state index in [0.717, 1.165) is 43.2 Å². The predicted molar refractivity (Wildman–Crippen MR) is 60.2 cm³/mol. The van der Waals surface area contributed by atoms with E-state index in [4.69, 9.17) is 10.5 Å². The summed E-state index contributed by atoms with van der Waals surface area (Å²) in [4.78, 5) is 4.51. The van der Waals surface area contributed by atoms with Gasteiger partial charge in [0.05, 0.1) is 0 Å². The Bertz CT molecular complexity index is 502. The molecule has 0 aliphatic carbocycles. The third-order valence-electron chi connectivity index (χ3n) is 2.96. The highest BCUT2D eigenvalue weighted by atomic mass is 16.5. The maximum atomic E-state index is 5.71. The lowest BCUT2D eigenvalue weighted by molar-refractivity contribution is 0.0836. The Balaban J connectivity index is 1.97. The summed E-state index contributed by atoms with van der Waals surface area (Å²) in [6.07, 6.45) is 3.86. The zero-order valence-electron chi connectivity index (χ0n) is 8.97. The molecular weight excluding hydrogens is 204 g/mol. The molecule has 0 bridgehead atoms. The molecule has 16 heavy (non-hydrogen) atoms. The molecule has 2 aromatic rings. The standard InChI is InChI=1S/C11H14N4O/c12-9-1-4-15-10(7-9)13-11(14-15)8-2-5-16-6-3-8/h1,4,7-8H,2-3,5-6,12H2. The number of aromatic nitrogens is 3. The highest BCUT2D eigenvalue weighted by Gasteiger charge is 2.20.